The van der Waals surface area contributed by atoms with E-state index >= 15 is 0 Å². The maximum atomic E-state index is 12.2. The first-order valence-electron chi connectivity index (χ1n) is 5.76. The molecule has 18 heavy (non-hydrogen) atoms. The highest BCUT2D eigenvalue weighted by Crippen LogP contribution is 2.25. The maximum Gasteiger partial charge on any atom is 0.276 e. The molecule has 0 spiro atoms. The summed E-state index contributed by atoms with van der Waals surface area (Å²) in [6.07, 6.45) is 1.51. The smallest absolute Gasteiger partial charge is 0.276 e. The molecular weight excluding hydrogens is 228 g/mol. The Hall–Kier alpha value is -2.36. The molecule has 1 aromatic heterocycles. The number of fused-ring (bicyclic) bond motifs is 1. The molecule has 1 amide bonds. The van der Waals surface area contributed by atoms with E-state index in [1.807, 2.05) is 24.3 Å². The number of nitrogens with zero attached hydrogens (tertiary/aromatic N) is 2. The number of carbonyl (C=O) groups is 1. The van der Waals surface area contributed by atoms with Crippen LogP contribution in [0.15, 0.2) is 42.6 Å². The van der Waals surface area contributed by atoms with Gasteiger partial charge < -0.3 is 10.0 Å². The average Bonchev–Trinajstić information content (AvgIpc) is 2.82. The van der Waals surface area contributed by atoms with Gasteiger partial charge in [-0.3, -0.25) is 4.79 Å². The average molecular weight is 240 g/mol. The molecule has 2 aromatic rings. The predicted octanol–water partition coefficient (Wildman–Crippen LogP) is 1.94. The highest BCUT2D eigenvalue weighted by atomic mass is 16.3. The summed E-state index contributed by atoms with van der Waals surface area (Å²) in [5.41, 5.74) is 2.42. The molecule has 0 bridgehead atoms. The Labute approximate surface area is 105 Å². The first kappa shape index (κ1) is 10.8. The summed E-state index contributed by atoms with van der Waals surface area (Å²) in [4.78, 5) is 17.9. The lowest BCUT2D eigenvalue weighted by molar-refractivity contribution is 0.0742. The standard InChI is InChI=1S/C14H12N2O2/c17-12-6-3-7-15-13(12)14(18)16-8-10-4-1-2-5-11(10)9-16/h1-7,17H,8-9H2. The topological polar surface area (TPSA) is 53.4 Å². The zero-order chi connectivity index (χ0) is 12.5. The van der Waals surface area contributed by atoms with Crippen molar-refractivity contribution < 1.29 is 9.90 Å². The van der Waals surface area contributed by atoms with Crippen molar-refractivity contribution in [3.05, 3.63) is 59.4 Å². The van der Waals surface area contributed by atoms with Gasteiger partial charge >= 0.3 is 0 Å². The highest BCUT2D eigenvalue weighted by molar-refractivity contribution is 5.95. The van der Waals surface area contributed by atoms with Crippen LogP contribution in [0, 0.1) is 0 Å². The first-order valence-corrected chi connectivity index (χ1v) is 5.76. The van der Waals surface area contributed by atoms with E-state index in [1.54, 1.807) is 11.0 Å². The minimum Gasteiger partial charge on any atom is -0.505 e. The number of carbonyl (C=O) groups excluding carboxylic acids is 1. The molecule has 0 radical (unpaired) electrons. The fourth-order valence-corrected chi connectivity index (χ4v) is 2.19. The molecule has 0 saturated carbocycles. The number of hydrogen-bond donors (Lipinski definition) is 1. The number of amides is 1. The number of aromatic hydroxyl groups is 1. The second-order valence-corrected chi connectivity index (χ2v) is 4.30. The van der Waals surface area contributed by atoms with Crippen molar-refractivity contribution in [1.29, 1.82) is 0 Å². The molecule has 3 rings (SSSR count). The van der Waals surface area contributed by atoms with Crippen LogP contribution in [0.2, 0.25) is 0 Å². The summed E-state index contributed by atoms with van der Waals surface area (Å²) < 4.78 is 0. The van der Waals surface area contributed by atoms with Gasteiger partial charge in [0.25, 0.3) is 5.91 Å². The summed E-state index contributed by atoms with van der Waals surface area (Å²) >= 11 is 0. The van der Waals surface area contributed by atoms with E-state index in [2.05, 4.69) is 4.98 Å². The van der Waals surface area contributed by atoms with Crippen LogP contribution < -0.4 is 0 Å². The van der Waals surface area contributed by atoms with Crippen molar-refractivity contribution >= 4 is 5.91 Å². The molecular formula is C14H12N2O2. The number of rotatable bonds is 1. The third-order valence-corrected chi connectivity index (χ3v) is 3.12. The molecule has 90 valence electrons. The summed E-state index contributed by atoms with van der Waals surface area (Å²) in [5.74, 6) is -0.303. The van der Waals surface area contributed by atoms with Gasteiger partial charge in [-0.2, -0.15) is 0 Å². The van der Waals surface area contributed by atoms with Gasteiger partial charge in [0.05, 0.1) is 0 Å². The molecule has 1 N–H and O–H groups in total. The van der Waals surface area contributed by atoms with E-state index in [4.69, 9.17) is 0 Å². The lowest BCUT2D eigenvalue weighted by Crippen LogP contribution is -2.26. The third-order valence-electron chi connectivity index (χ3n) is 3.12. The Kier molecular flexibility index (Phi) is 2.48. The molecule has 1 aromatic carbocycles. The Bertz CT molecular complexity index is 585. The van der Waals surface area contributed by atoms with Gasteiger partial charge in [-0.1, -0.05) is 24.3 Å². The van der Waals surface area contributed by atoms with Gasteiger partial charge in [0.15, 0.2) is 5.69 Å². The van der Waals surface area contributed by atoms with Crippen LogP contribution in [-0.2, 0) is 13.1 Å². The van der Waals surface area contributed by atoms with Crippen molar-refractivity contribution in [2.24, 2.45) is 0 Å². The Morgan fingerprint density at radius 1 is 1.11 bits per heavy atom. The third kappa shape index (κ3) is 1.72. The second-order valence-electron chi connectivity index (χ2n) is 4.30. The summed E-state index contributed by atoms with van der Waals surface area (Å²) in [7, 11) is 0. The van der Waals surface area contributed by atoms with Crippen LogP contribution in [0.3, 0.4) is 0 Å². The number of pyridine rings is 1. The number of benzene rings is 1. The lowest BCUT2D eigenvalue weighted by atomic mass is 10.1. The summed E-state index contributed by atoms with van der Waals surface area (Å²) in [6.45, 7) is 1.15. The Balaban J connectivity index is 1.87. The van der Waals surface area contributed by atoms with Gasteiger partial charge in [0, 0.05) is 19.3 Å². The van der Waals surface area contributed by atoms with Crippen LogP contribution in [-0.4, -0.2) is 20.9 Å². The van der Waals surface area contributed by atoms with E-state index in [1.165, 1.54) is 12.3 Å². The van der Waals surface area contributed by atoms with Crippen molar-refractivity contribution in [3.63, 3.8) is 0 Å². The minimum atomic E-state index is -0.232. The zero-order valence-electron chi connectivity index (χ0n) is 9.71. The normalized spacial score (nSPS) is 13.4. The monoisotopic (exact) mass is 240 g/mol. The van der Waals surface area contributed by atoms with E-state index in [-0.39, 0.29) is 17.4 Å². The highest BCUT2D eigenvalue weighted by Gasteiger charge is 2.26. The second kappa shape index (κ2) is 4.14. The Morgan fingerprint density at radius 3 is 2.39 bits per heavy atom. The molecule has 0 saturated heterocycles. The first-order chi connectivity index (χ1) is 8.75. The molecule has 4 heteroatoms. The van der Waals surface area contributed by atoms with Crippen LogP contribution in [0.5, 0.6) is 5.75 Å². The van der Waals surface area contributed by atoms with Crippen LogP contribution in [0.1, 0.15) is 21.6 Å². The Morgan fingerprint density at radius 2 is 1.78 bits per heavy atom. The van der Waals surface area contributed by atoms with E-state index in [0.29, 0.717) is 13.1 Å². The molecule has 0 fully saturated rings. The van der Waals surface area contributed by atoms with Crippen molar-refractivity contribution in [3.8, 4) is 5.75 Å². The SMILES string of the molecule is O=C(c1ncccc1O)N1Cc2ccccc2C1. The summed E-state index contributed by atoms with van der Waals surface area (Å²) in [6, 6.07) is 11.0. The molecule has 0 atom stereocenters. The van der Waals surface area contributed by atoms with E-state index < -0.39 is 0 Å². The summed E-state index contributed by atoms with van der Waals surface area (Å²) in [5, 5.41) is 9.65. The number of hydrogen-bond acceptors (Lipinski definition) is 3. The predicted molar refractivity (Wildman–Crippen MR) is 65.9 cm³/mol. The van der Waals surface area contributed by atoms with Crippen molar-refractivity contribution in [2.45, 2.75) is 13.1 Å². The van der Waals surface area contributed by atoms with Crippen molar-refractivity contribution in [1.82, 2.24) is 9.88 Å². The molecule has 4 nitrogen and oxygen atoms in total. The molecule has 2 heterocycles. The van der Waals surface area contributed by atoms with Crippen LogP contribution in [0.25, 0.3) is 0 Å². The maximum absolute atomic E-state index is 12.2. The van der Waals surface area contributed by atoms with E-state index in [0.717, 1.165) is 11.1 Å². The molecule has 0 aliphatic carbocycles. The zero-order valence-corrected chi connectivity index (χ0v) is 9.71. The van der Waals surface area contributed by atoms with Gasteiger partial charge in [-0.15, -0.1) is 0 Å². The molecule has 1 aliphatic heterocycles. The fraction of sp³-hybridized carbons (Fsp3) is 0.143. The minimum absolute atomic E-state index is 0.0709. The molecule has 1 aliphatic rings. The quantitative estimate of drug-likeness (QED) is 0.828. The van der Waals surface area contributed by atoms with Crippen LogP contribution in [0.4, 0.5) is 0 Å². The van der Waals surface area contributed by atoms with Gasteiger partial charge in [0.1, 0.15) is 5.75 Å². The lowest BCUT2D eigenvalue weighted by Gasteiger charge is -2.15. The van der Waals surface area contributed by atoms with Crippen molar-refractivity contribution in [2.75, 3.05) is 0 Å². The van der Waals surface area contributed by atoms with Crippen LogP contribution >= 0.6 is 0 Å². The van der Waals surface area contributed by atoms with E-state index in [9.17, 15) is 9.90 Å². The van der Waals surface area contributed by atoms with Gasteiger partial charge in [-0.05, 0) is 23.3 Å². The largest absolute Gasteiger partial charge is 0.505 e. The number of aromatic nitrogens is 1. The van der Waals surface area contributed by atoms with Gasteiger partial charge in [-0.25, -0.2) is 4.98 Å². The van der Waals surface area contributed by atoms with Gasteiger partial charge in [0.2, 0.25) is 0 Å². The molecule has 0 unspecified atom stereocenters. The fourth-order valence-electron chi connectivity index (χ4n) is 2.19.